The van der Waals surface area contributed by atoms with E-state index in [1.54, 1.807) is 6.92 Å². The molecule has 0 aromatic carbocycles. The van der Waals surface area contributed by atoms with Crippen LogP contribution in [0.15, 0.2) is 11.2 Å². The number of aromatic nitrogens is 2. The predicted molar refractivity (Wildman–Crippen MR) is 64.0 cm³/mol. The molecular weight excluding hydrogens is 276 g/mol. The fourth-order valence-corrected chi connectivity index (χ4v) is 2.41. The van der Waals surface area contributed by atoms with Crippen molar-refractivity contribution in [1.29, 1.82) is 0 Å². The highest BCUT2D eigenvalue weighted by atomic mass is 32.2. The second-order valence-electron chi connectivity index (χ2n) is 3.52. The van der Waals surface area contributed by atoms with E-state index >= 15 is 0 Å². The largest absolute Gasteiger partial charge is 0.478 e. The van der Waals surface area contributed by atoms with E-state index in [9.17, 15) is 18.0 Å². The average Bonchev–Trinajstić information content (AvgIpc) is 2.78. The molecule has 1 aromatic heterocycles. The number of hydrogen-bond donors (Lipinski definition) is 4. The Morgan fingerprint density at radius 1 is 1.47 bits per heavy atom. The molecule has 0 saturated heterocycles. The highest BCUT2D eigenvalue weighted by Gasteiger charge is 2.24. The van der Waals surface area contributed by atoms with Gasteiger partial charge in [0.25, 0.3) is 10.0 Å². The highest BCUT2D eigenvalue weighted by molar-refractivity contribution is 7.89. The Hall–Kier alpha value is -1.94. The molecule has 10 heteroatoms. The summed E-state index contributed by atoms with van der Waals surface area (Å²) in [6, 6.07) is 0. The summed E-state index contributed by atoms with van der Waals surface area (Å²) in [5.41, 5.74) is -0.453. The van der Waals surface area contributed by atoms with Gasteiger partial charge in [0.2, 0.25) is 5.91 Å². The van der Waals surface area contributed by atoms with Gasteiger partial charge in [-0.3, -0.25) is 9.89 Å². The van der Waals surface area contributed by atoms with Crippen molar-refractivity contribution in [2.75, 3.05) is 13.1 Å². The maximum atomic E-state index is 11.8. The van der Waals surface area contributed by atoms with E-state index in [2.05, 4.69) is 20.2 Å². The quantitative estimate of drug-likeness (QED) is 0.503. The molecule has 106 valence electrons. The third-order valence-electron chi connectivity index (χ3n) is 2.12. The summed E-state index contributed by atoms with van der Waals surface area (Å²) in [7, 11) is -4.03. The van der Waals surface area contributed by atoms with Crippen LogP contribution in [0.5, 0.6) is 0 Å². The summed E-state index contributed by atoms with van der Waals surface area (Å²) >= 11 is 0. The molecule has 19 heavy (non-hydrogen) atoms. The zero-order chi connectivity index (χ0) is 14.5. The average molecular weight is 290 g/mol. The van der Waals surface area contributed by atoms with Gasteiger partial charge < -0.3 is 10.4 Å². The Morgan fingerprint density at radius 3 is 2.74 bits per heavy atom. The fraction of sp³-hybridized carbons (Fsp3) is 0.444. The zero-order valence-corrected chi connectivity index (χ0v) is 11.0. The lowest BCUT2D eigenvalue weighted by Gasteiger charge is -2.05. The maximum absolute atomic E-state index is 11.8. The van der Waals surface area contributed by atoms with Crippen molar-refractivity contribution in [1.82, 2.24) is 20.2 Å². The number of carboxylic acids is 1. The van der Waals surface area contributed by atoms with Crippen LogP contribution in [0.1, 0.15) is 23.7 Å². The number of nitrogens with one attached hydrogen (secondary N) is 3. The summed E-state index contributed by atoms with van der Waals surface area (Å²) in [4.78, 5) is 21.9. The number of aromatic amines is 1. The van der Waals surface area contributed by atoms with E-state index in [1.807, 2.05) is 0 Å². The summed E-state index contributed by atoms with van der Waals surface area (Å²) in [5.74, 6) is -1.70. The highest BCUT2D eigenvalue weighted by Crippen LogP contribution is 2.11. The first kappa shape index (κ1) is 15.1. The second-order valence-corrected chi connectivity index (χ2v) is 5.22. The molecular formula is C9H14N4O5S. The number of aromatic carboxylic acids is 1. The van der Waals surface area contributed by atoms with E-state index in [1.165, 1.54) is 0 Å². The molecule has 0 saturated carbocycles. The number of H-pyrrole nitrogens is 1. The lowest BCUT2D eigenvalue weighted by molar-refractivity contribution is -0.120. The van der Waals surface area contributed by atoms with Crippen LogP contribution in [0, 0.1) is 0 Å². The van der Waals surface area contributed by atoms with Crippen molar-refractivity contribution < 1.29 is 23.1 Å². The molecule has 0 radical (unpaired) electrons. The minimum absolute atomic E-state index is 0.0381. The van der Waals surface area contributed by atoms with Crippen molar-refractivity contribution in [3.8, 4) is 0 Å². The lowest BCUT2D eigenvalue weighted by Crippen LogP contribution is -2.31. The van der Waals surface area contributed by atoms with Gasteiger partial charge in [0.15, 0.2) is 5.03 Å². The molecule has 0 aliphatic heterocycles. The van der Waals surface area contributed by atoms with E-state index in [0.717, 1.165) is 6.20 Å². The number of sulfonamides is 1. The summed E-state index contributed by atoms with van der Waals surface area (Å²) in [6.07, 6.45) is 0.865. The van der Waals surface area contributed by atoms with Crippen LogP contribution in [0.25, 0.3) is 0 Å². The van der Waals surface area contributed by atoms with Gasteiger partial charge in [-0.05, 0) is 6.92 Å². The Bertz CT molecular complexity index is 565. The van der Waals surface area contributed by atoms with Crippen LogP contribution >= 0.6 is 0 Å². The normalized spacial score (nSPS) is 11.2. The van der Waals surface area contributed by atoms with Crippen molar-refractivity contribution in [2.45, 2.75) is 18.4 Å². The molecule has 1 rings (SSSR count). The standard InChI is InChI=1S/C9H14N4O5S/c1-2-10-7(14)3-4-12-19(17,18)8-6(9(15)16)5-11-13-8/h5,12H,2-4H2,1H3,(H,10,14)(H,11,13)(H,15,16). The van der Waals surface area contributed by atoms with Crippen LogP contribution < -0.4 is 10.0 Å². The Balaban J connectivity index is 2.69. The van der Waals surface area contributed by atoms with Crippen LogP contribution in [-0.2, 0) is 14.8 Å². The topological polar surface area (TPSA) is 141 Å². The van der Waals surface area contributed by atoms with Gasteiger partial charge in [-0.25, -0.2) is 17.9 Å². The molecule has 0 spiro atoms. The van der Waals surface area contributed by atoms with Gasteiger partial charge in [0, 0.05) is 19.5 Å². The Labute approximate surface area is 109 Å². The van der Waals surface area contributed by atoms with Crippen LogP contribution in [-0.4, -0.2) is 48.7 Å². The molecule has 0 atom stereocenters. The van der Waals surface area contributed by atoms with Crippen molar-refractivity contribution in [3.05, 3.63) is 11.8 Å². The molecule has 1 heterocycles. The lowest BCUT2D eigenvalue weighted by atomic mass is 10.4. The SMILES string of the molecule is CCNC(=O)CCNS(=O)(=O)c1[nH]ncc1C(=O)O. The number of rotatable bonds is 7. The molecule has 0 unspecified atom stereocenters. The molecule has 0 aliphatic carbocycles. The maximum Gasteiger partial charge on any atom is 0.340 e. The molecule has 0 fully saturated rings. The van der Waals surface area contributed by atoms with Crippen molar-refractivity contribution in [3.63, 3.8) is 0 Å². The number of carbonyl (C=O) groups excluding carboxylic acids is 1. The number of nitrogens with zero attached hydrogens (tertiary/aromatic N) is 1. The first-order valence-electron chi connectivity index (χ1n) is 5.41. The molecule has 1 amide bonds. The second kappa shape index (κ2) is 6.29. The molecule has 0 bridgehead atoms. The molecule has 0 aliphatic rings. The van der Waals surface area contributed by atoms with Gasteiger partial charge in [-0.1, -0.05) is 0 Å². The molecule has 1 aromatic rings. The summed E-state index contributed by atoms with van der Waals surface area (Å²) in [5, 5.41) is 16.2. The zero-order valence-electron chi connectivity index (χ0n) is 10.1. The van der Waals surface area contributed by atoms with E-state index in [4.69, 9.17) is 5.11 Å². The monoisotopic (exact) mass is 290 g/mol. The first-order chi connectivity index (χ1) is 8.88. The van der Waals surface area contributed by atoms with Crippen LogP contribution in [0.2, 0.25) is 0 Å². The van der Waals surface area contributed by atoms with Gasteiger partial charge in [-0.2, -0.15) is 5.10 Å². The first-order valence-corrected chi connectivity index (χ1v) is 6.89. The van der Waals surface area contributed by atoms with E-state index < -0.39 is 26.6 Å². The van der Waals surface area contributed by atoms with Gasteiger partial charge in [0.05, 0.1) is 6.20 Å². The molecule has 9 nitrogen and oxygen atoms in total. The number of carboxylic acid groups (broad SMARTS) is 1. The summed E-state index contributed by atoms with van der Waals surface area (Å²) in [6.45, 7) is 2.06. The van der Waals surface area contributed by atoms with Crippen molar-refractivity contribution in [2.24, 2.45) is 0 Å². The predicted octanol–water partition coefficient (Wildman–Crippen LogP) is -1.09. The minimum atomic E-state index is -4.03. The minimum Gasteiger partial charge on any atom is -0.478 e. The van der Waals surface area contributed by atoms with E-state index in [-0.39, 0.29) is 18.9 Å². The van der Waals surface area contributed by atoms with Gasteiger partial charge in [0.1, 0.15) is 5.56 Å². The van der Waals surface area contributed by atoms with Gasteiger partial charge >= 0.3 is 5.97 Å². The number of carbonyl (C=O) groups is 2. The van der Waals surface area contributed by atoms with Gasteiger partial charge in [-0.15, -0.1) is 0 Å². The van der Waals surface area contributed by atoms with Crippen molar-refractivity contribution >= 4 is 21.9 Å². The molecule has 4 N–H and O–H groups in total. The Kier molecular flexibility index (Phi) is 5.01. The van der Waals surface area contributed by atoms with E-state index in [0.29, 0.717) is 6.54 Å². The summed E-state index contributed by atoms with van der Waals surface area (Å²) < 4.78 is 25.7. The smallest absolute Gasteiger partial charge is 0.340 e. The Morgan fingerprint density at radius 2 is 2.16 bits per heavy atom. The fourth-order valence-electron chi connectivity index (χ4n) is 1.29. The number of amides is 1. The third-order valence-corrected chi connectivity index (χ3v) is 3.55. The third kappa shape index (κ3) is 4.03. The van der Waals surface area contributed by atoms with Crippen LogP contribution in [0.3, 0.4) is 0 Å². The number of hydrogen-bond acceptors (Lipinski definition) is 5. The van der Waals surface area contributed by atoms with Crippen LogP contribution in [0.4, 0.5) is 0 Å².